The molecule has 2 heterocycles. The van der Waals surface area contributed by atoms with Gasteiger partial charge in [0.25, 0.3) is 0 Å². The van der Waals surface area contributed by atoms with Crippen LogP contribution in [-0.2, 0) is 10.8 Å². The van der Waals surface area contributed by atoms with Crippen molar-refractivity contribution in [2.24, 2.45) is 0 Å². The maximum absolute atomic E-state index is 6.61. The van der Waals surface area contributed by atoms with Crippen LogP contribution in [0.15, 0.2) is 267 Å². The van der Waals surface area contributed by atoms with Crippen LogP contribution in [0.3, 0.4) is 0 Å². The van der Waals surface area contributed by atoms with Gasteiger partial charge in [-0.1, -0.05) is 198 Å². The fraction of sp³-hybridized carbons (Fsp3) is 0.0750. The lowest BCUT2D eigenvalue weighted by atomic mass is 9.81. The van der Waals surface area contributed by atoms with Crippen molar-refractivity contribution in [3.8, 4) is 89.8 Å². The summed E-state index contributed by atoms with van der Waals surface area (Å²) in [5.41, 5.74) is 25.9. The Hall–Kier alpha value is -10.4. The predicted octanol–water partition coefficient (Wildman–Crippen LogP) is 22.4. The fourth-order valence-corrected chi connectivity index (χ4v) is 14.5. The summed E-state index contributed by atoms with van der Waals surface area (Å²) in [5.74, 6) is 3.27. The molecule has 0 radical (unpaired) electrons. The van der Waals surface area contributed by atoms with Gasteiger partial charge in [-0.25, -0.2) is 0 Å². The van der Waals surface area contributed by atoms with Crippen molar-refractivity contribution >= 4 is 55.7 Å². The van der Waals surface area contributed by atoms with Crippen molar-refractivity contribution in [1.82, 2.24) is 0 Å². The predicted molar refractivity (Wildman–Crippen MR) is 348 cm³/mol. The molecule has 13 aromatic carbocycles. The van der Waals surface area contributed by atoms with Gasteiger partial charge in [-0.2, -0.15) is 0 Å². The zero-order valence-corrected chi connectivity index (χ0v) is 47.1. The Balaban J connectivity index is 0.935. The van der Waals surface area contributed by atoms with Crippen molar-refractivity contribution in [2.75, 3.05) is 9.80 Å². The molecule has 398 valence electrons. The molecule has 0 saturated carbocycles. The molecule has 13 aromatic rings. The first-order valence-corrected chi connectivity index (χ1v) is 29.2. The standard InChI is InChI=1S/C80H56N2O2/c1-79(2)65-25-7-5-23-57(65)59-39-35-51(45-67(59)79)49-19-17-21-53(43-49)77-61-41-37-56(82-71-29-11-15-33-75(71)84-76-34-16-12-30-72(76)82)48-64(61)78(54-22-18-20-50(44-54)52-36-40-60-58-24-6-8-26-66(58)80(3,4)68(60)46-52)62-42-38-55(47-63(62)77)81-69-27-9-13-31-73(69)83-74-32-14-10-28-70(74)81/h5-48H,1-4H3. The molecule has 17 rings (SSSR count). The zero-order valence-electron chi connectivity index (χ0n) is 47.1. The van der Waals surface area contributed by atoms with Crippen molar-refractivity contribution in [3.05, 3.63) is 289 Å². The van der Waals surface area contributed by atoms with Crippen LogP contribution in [0.4, 0.5) is 34.1 Å². The van der Waals surface area contributed by atoms with E-state index in [0.29, 0.717) is 0 Å². The lowest BCUT2D eigenvalue weighted by Crippen LogP contribution is -2.16. The Morgan fingerprint density at radius 1 is 0.250 bits per heavy atom. The van der Waals surface area contributed by atoms with Crippen LogP contribution in [0.1, 0.15) is 49.9 Å². The van der Waals surface area contributed by atoms with E-state index in [1.807, 2.05) is 0 Å². The van der Waals surface area contributed by atoms with Gasteiger partial charge < -0.3 is 19.3 Å². The number of rotatable bonds is 6. The summed E-state index contributed by atoms with van der Waals surface area (Å²) in [5, 5.41) is 4.61. The van der Waals surface area contributed by atoms with Gasteiger partial charge in [-0.3, -0.25) is 0 Å². The number of benzene rings is 13. The molecular weight excluding hydrogens is 1020 g/mol. The van der Waals surface area contributed by atoms with Crippen LogP contribution in [-0.4, -0.2) is 0 Å². The van der Waals surface area contributed by atoms with E-state index in [1.54, 1.807) is 0 Å². The minimum absolute atomic E-state index is 0.131. The van der Waals surface area contributed by atoms with Crippen LogP contribution in [0, 0.1) is 0 Å². The third-order valence-corrected chi connectivity index (χ3v) is 18.6. The second-order valence-electron chi connectivity index (χ2n) is 24.0. The molecule has 0 spiro atoms. The van der Waals surface area contributed by atoms with Gasteiger partial charge in [-0.15, -0.1) is 0 Å². The van der Waals surface area contributed by atoms with Gasteiger partial charge >= 0.3 is 0 Å². The van der Waals surface area contributed by atoms with Gasteiger partial charge in [-0.05, 0) is 208 Å². The molecule has 0 saturated heterocycles. The number of ether oxygens (including phenoxy) is 2. The van der Waals surface area contributed by atoms with Crippen molar-refractivity contribution < 1.29 is 9.47 Å². The average molecular weight is 1080 g/mol. The van der Waals surface area contributed by atoms with E-state index < -0.39 is 0 Å². The maximum Gasteiger partial charge on any atom is 0.151 e. The summed E-state index contributed by atoms with van der Waals surface area (Å²) in [7, 11) is 0. The molecule has 0 bridgehead atoms. The Bertz CT molecular complexity index is 4550. The Kier molecular flexibility index (Phi) is 10.4. The Morgan fingerprint density at radius 3 is 0.988 bits per heavy atom. The molecule has 0 N–H and O–H groups in total. The van der Waals surface area contributed by atoms with Gasteiger partial charge in [0.05, 0.1) is 22.7 Å². The van der Waals surface area contributed by atoms with Crippen LogP contribution >= 0.6 is 0 Å². The first-order valence-electron chi connectivity index (χ1n) is 29.2. The monoisotopic (exact) mass is 1080 g/mol. The highest BCUT2D eigenvalue weighted by Crippen LogP contribution is 2.57. The number of nitrogens with zero attached hydrogens (tertiary/aromatic N) is 2. The number of fused-ring (bicyclic) bond motifs is 12. The number of hydrogen-bond acceptors (Lipinski definition) is 4. The maximum atomic E-state index is 6.61. The summed E-state index contributed by atoms with van der Waals surface area (Å²) >= 11 is 0. The minimum atomic E-state index is -0.131. The normalized spacial score (nSPS) is 14.3. The highest BCUT2D eigenvalue weighted by atomic mass is 16.5. The molecule has 0 atom stereocenters. The summed E-state index contributed by atoms with van der Waals surface area (Å²) < 4.78 is 13.2. The highest BCUT2D eigenvalue weighted by Gasteiger charge is 2.37. The van der Waals surface area contributed by atoms with E-state index in [0.717, 1.165) is 89.8 Å². The largest absolute Gasteiger partial charge is 0.453 e. The van der Waals surface area contributed by atoms with Gasteiger partial charge in [0.1, 0.15) is 0 Å². The van der Waals surface area contributed by atoms with Crippen LogP contribution in [0.5, 0.6) is 23.0 Å². The van der Waals surface area contributed by atoms with E-state index in [2.05, 4.69) is 304 Å². The van der Waals surface area contributed by atoms with E-state index in [4.69, 9.17) is 9.47 Å². The van der Waals surface area contributed by atoms with Gasteiger partial charge in [0, 0.05) is 22.2 Å². The molecule has 0 aromatic heterocycles. The van der Waals surface area contributed by atoms with E-state index in [-0.39, 0.29) is 10.8 Å². The molecule has 0 fully saturated rings. The molecule has 4 heteroatoms. The third-order valence-electron chi connectivity index (χ3n) is 18.6. The van der Waals surface area contributed by atoms with Crippen molar-refractivity contribution in [3.63, 3.8) is 0 Å². The van der Waals surface area contributed by atoms with E-state index in [1.165, 1.54) is 77.9 Å². The summed E-state index contributed by atoms with van der Waals surface area (Å²) in [6.45, 7) is 9.46. The fourth-order valence-electron chi connectivity index (χ4n) is 14.5. The SMILES string of the molecule is CC1(C)c2ccccc2-c2ccc(-c3cccc(-c4c5ccc(N6c7ccccc7Oc7ccccc76)cc5c(-c5cccc(-c6ccc7c(c6)C(C)(C)c6ccccc6-7)c5)c5ccc(N6c7ccccc7Oc7ccccc76)cc45)c3)cc21. The second kappa shape index (κ2) is 18.0. The zero-order chi connectivity index (χ0) is 56.0. The number of para-hydroxylation sites is 8. The van der Waals surface area contributed by atoms with Gasteiger partial charge in [0.15, 0.2) is 23.0 Å². The third kappa shape index (κ3) is 7.13. The molecular formula is C80H56N2O2. The summed E-state index contributed by atoms with van der Waals surface area (Å²) in [6.07, 6.45) is 0. The molecule has 2 aliphatic carbocycles. The lowest BCUT2D eigenvalue weighted by Gasteiger charge is -2.33. The summed E-state index contributed by atoms with van der Waals surface area (Å²) in [6, 6.07) is 98.3. The highest BCUT2D eigenvalue weighted by molar-refractivity contribution is 6.23. The molecule has 4 aliphatic rings. The van der Waals surface area contributed by atoms with Crippen LogP contribution < -0.4 is 19.3 Å². The first kappa shape index (κ1) is 48.3. The topological polar surface area (TPSA) is 24.9 Å². The molecule has 84 heavy (non-hydrogen) atoms. The smallest absolute Gasteiger partial charge is 0.151 e. The second-order valence-corrected chi connectivity index (χ2v) is 24.0. The Labute approximate surface area is 489 Å². The molecule has 4 nitrogen and oxygen atoms in total. The molecule has 0 amide bonds. The van der Waals surface area contributed by atoms with E-state index >= 15 is 0 Å². The van der Waals surface area contributed by atoms with Crippen molar-refractivity contribution in [2.45, 2.75) is 38.5 Å². The van der Waals surface area contributed by atoms with Crippen molar-refractivity contribution in [1.29, 1.82) is 0 Å². The quantitative estimate of drug-likeness (QED) is 0.155. The average Bonchev–Trinajstić information content (AvgIpc) is 3.24. The lowest BCUT2D eigenvalue weighted by molar-refractivity contribution is 0.477. The number of anilines is 6. The minimum Gasteiger partial charge on any atom is -0.453 e. The van der Waals surface area contributed by atoms with E-state index in [9.17, 15) is 0 Å². The Morgan fingerprint density at radius 2 is 0.583 bits per heavy atom. The molecule has 0 unspecified atom stereocenters. The van der Waals surface area contributed by atoms with Gasteiger partial charge in [0.2, 0.25) is 0 Å². The van der Waals surface area contributed by atoms with Crippen LogP contribution in [0.2, 0.25) is 0 Å². The molecule has 2 aliphatic heterocycles. The first-order chi connectivity index (χ1) is 41.2. The van der Waals surface area contributed by atoms with Crippen LogP contribution in [0.25, 0.3) is 88.3 Å². The summed E-state index contributed by atoms with van der Waals surface area (Å²) in [4.78, 5) is 4.74. The number of hydrogen-bond donors (Lipinski definition) is 0.